The van der Waals surface area contributed by atoms with Crippen molar-refractivity contribution in [3.05, 3.63) is 12.1 Å². The summed E-state index contributed by atoms with van der Waals surface area (Å²) in [5.41, 5.74) is -0.468. The van der Waals surface area contributed by atoms with Crippen molar-refractivity contribution in [2.45, 2.75) is 77.0 Å². The number of ether oxygens (including phenoxy) is 1. The monoisotopic (exact) mass is 463 g/mol. The minimum absolute atomic E-state index is 0.116. The Morgan fingerprint density at radius 2 is 1.03 bits per heavy atom. The molecular formula is C28H37N3O3. The second-order valence-corrected chi connectivity index (χ2v) is 13.1. The highest BCUT2D eigenvalue weighted by Gasteiger charge is 2.56. The van der Waals surface area contributed by atoms with E-state index in [4.69, 9.17) is 4.74 Å². The van der Waals surface area contributed by atoms with Gasteiger partial charge in [0.25, 0.3) is 0 Å². The van der Waals surface area contributed by atoms with Gasteiger partial charge in [-0.2, -0.15) is 0 Å². The molecule has 34 heavy (non-hydrogen) atoms. The number of carbonyl (C=O) groups excluding carboxylic acids is 2. The number of hydrogen-bond donors (Lipinski definition) is 2. The quantitative estimate of drug-likeness (QED) is 0.613. The average Bonchev–Trinajstić information content (AvgIpc) is 2.77. The first kappa shape index (κ1) is 21.2. The summed E-state index contributed by atoms with van der Waals surface area (Å²) in [6.07, 6.45) is 14.0. The lowest BCUT2D eigenvalue weighted by Gasteiger charge is -2.55. The van der Waals surface area contributed by atoms with Crippen molar-refractivity contribution in [2.24, 2.45) is 46.3 Å². The molecule has 6 heteroatoms. The van der Waals surface area contributed by atoms with E-state index < -0.39 is 0 Å². The summed E-state index contributed by atoms with van der Waals surface area (Å²) in [4.78, 5) is 31.8. The van der Waals surface area contributed by atoms with Crippen molar-refractivity contribution in [1.82, 2.24) is 4.98 Å². The van der Waals surface area contributed by atoms with Gasteiger partial charge in [-0.15, -0.1) is 0 Å². The second kappa shape index (κ2) is 7.44. The normalized spacial score (nSPS) is 43.1. The van der Waals surface area contributed by atoms with Crippen LogP contribution < -0.4 is 15.4 Å². The highest BCUT2D eigenvalue weighted by atomic mass is 16.5. The number of methoxy groups -OCH3 is 1. The van der Waals surface area contributed by atoms with Crippen LogP contribution in [0.15, 0.2) is 12.1 Å². The summed E-state index contributed by atoms with van der Waals surface area (Å²) in [5, 5.41) is 6.28. The summed E-state index contributed by atoms with van der Waals surface area (Å²) in [6, 6.07) is 3.55. The van der Waals surface area contributed by atoms with Crippen molar-refractivity contribution in [2.75, 3.05) is 17.7 Å². The first-order valence-corrected chi connectivity index (χ1v) is 13.6. The van der Waals surface area contributed by atoms with Gasteiger partial charge < -0.3 is 15.4 Å². The molecule has 1 aromatic heterocycles. The van der Waals surface area contributed by atoms with Crippen LogP contribution >= 0.6 is 0 Å². The van der Waals surface area contributed by atoms with Gasteiger partial charge in [-0.1, -0.05) is 0 Å². The zero-order chi connectivity index (χ0) is 23.1. The van der Waals surface area contributed by atoms with E-state index in [0.29, 0.717) is 52.9 Å². The van der Waals surface area contributed by atoms with Crippen LogP contribution in [0.4, 0.5) is 11.6 Å². The van der Waals surface area contributed by atoms with Crippen LogP contribution in [-0.2, 0) is 9.59 Å². The standard InChI is InChI=1S/C28H37N3O3/c1-34-22-8-23(30-25(32)27-10-16-2-17(11-27)4-18(3-16)12-27)29-24(9-22)31-26(33)28-13-19-5-20(14-28)7-21(6-19)15-28/h8-9,16-21H,2-7,10-15H2,1H3,(H2,29,30,31,32,33). The molecule has 0 aromatic carbocycles. The predicted molar refractivity (Wildman–Crippen MR) is 129 cm³/mol. The van der Waals surface area contributed by atoms with Crippen LogP contribution in [0.2, 0.25) is 0 Å². The van der Waals surface area contributed by atoms with E-state index in [-0.39, 0.29) is 22.6 Å². The third-order valence-corrected chi connectivity index (χ3v) is 10.6. The van der Waals surface area contributed by atoms with Gasteiger partial charge in [-0.05, 0) is 113 Å². The first-order valence-electron chi connectivity index (χ1n) is 13.6. The zero-order valence-electron chi connectivity index (χ0n) is 20.3. The molecule has 0 atom stereocenters. The maximum Gasteiger partial charge on any atom is 0.231 e. The van der Waals surface area contributed by atoms with Gasteiger partial charge in [0, 0.05) is 12.1 Å². The van der Waals surface area contributed by atoms with Gasteiger partial charge in [0.1, 0.15) is 17.4 Å². The molecule has 8 aliphatic rings. The van der Waals surface area contributed by atoms with Gasteiger partial charge in [0.15, 0.2) is 0 Å². The highest BCUT2D eigenvalue weighted by Crippen LogP contribution is 2.61. The molecule has 2 N–H and O–H groups in total. The summed E-state index contributed by atoms with van der Waals surface area (Å²) in [6.45, 7) is 0. The molecule has 1 aromatic rings. The average molecular weight is 464 g/mol. The van der Waals surface area contributed by atoms with E-state index in [2.05, 4.69) is 15.6 Å². The number of aromatic nitrogens is 1. The Morgan fingerprint density at radius 3 is 1.32 bits per heavy atom. The summed E-state index contributed by atoms with van der Waals surface area (Å²) < 4.78 is 5.51. The molecule has 1 heterocycles. The van der Waals surface area contributed by atoms with Crippen LogP contribution in [-0.4, -0.2) is 23.9 Å². The minimum Gasteiger partial charge on any atom is -0.496 e. The van der Waals surface area contributed by atoms with Crippen LogP contribution in [0.3, 0.4) is 0 Å². The van der Waals surface area contributed by atoms with E-state index in [1.165, 1.54) is 38.5 Å². The third-order valence-electron chi connectivity index (χ3n) is 10.6. The van der Waals surface area contributed by atoms with Crippen molar-refractivity contribution < 1.29 is 14.3 Å². The van der Waals surface area contributed by atoms with Crippen molar-refractivity contribution >= 4 is 23.5 Å². The summed E-state index contributed by atoms with van der Waals surface area (Å²) in [7, 11) is 1.62. The fourth-order valence-corrected chi connectivity index (χ4v) is 10.0. The molecule has 8 aliphatic carbocycles. The number of anilines is 2. The zero-order valence-corrected chi connectivity index (χ0v) is 20.3. The predicted octanol–water partition coefficient (Wildman–Crippen LogP) is 5.40. The van der Waals surface area contributed by atoms with Crippen molar-refractivity contribution in [3.8, 4) is 5.75 Å². The van der Waals surface area contributed by atoms with Gasteiger partial charge in [-0.25, -0.2) is 4.98 Å². The van der Waals surface area contributed by atoms with Crippen LogP contribution in [0.5, 0.6) is 5.75 Å². The molecule has 6 nitrogen and oxygen atoms in total. The van der Waals surface area contributed by atoms with Gasteiger partial charge >= 0.3 is 0 Å². The first-order chi connectivity index (χ1) is 16.4. The van der Waals surface area contributed by atoms with E-state index in [1.54, 1.807) is 19.2 Å². The third kappa shape index (κ3) is 3.38. The Labute approximate surface area is 202 Å². The Balaban J connectivity index is 1.10. The smallest absolute Gasteiger partial charge is 0.231 e. The number of nitrogens with one attached hydrogen (secondary N) is 2. The molecule has 2 amide bonds. The number of amides is 2. The van der Waals surface area contributed by atoms with E-state index in [1.807, 2.05) is 0 Å². The maximum atomic E-state index is 13.5. The largest absolute Gasteiger partial charge is 0.496 e. The number of pyridine rings is 1. The number of rotatable bonds is 5. The lowest BCUT2D eigenvalue weighted by Crippen LogP contribution is -2.52. The van der Waals surface area contributed by atoms with Crippen LogP contribution in [0.1, 0.15) is 77.0 Å². The number of hydrogen-bond acceptors (Lipinski definition) is 4. The topological polar surface area (TPSA) is 80.3 Å². The lowest BCUT2D eigenvalue weighted by atomic mass is 9.49. The SMILES string of the molecule is COc1cc(NC(=O)C23CC4CC(CC(C4)C2)C3)nc(NC(=O)C23CC4CC(CC(C4)C2)C3)c1. The van der Waals surface area contributed by atoms with Gasteiger partial charge in [0.05, 0.1) is 17.9 Å². The molecule has 9 rings (SSSR count). The molecule has 182 valence electrons. The molecule has 8 fully saturated rings. The van der Waals surface area contributed by atoms with E-state index >= 15 is 0 Å². The number of carbonyl (C=O) groups is 2. The fraction of sp³-hybridized carbons (Fsp3) is 0.750. The Kier molecular flexibility index (Phi) is 4.64. The van der Waals surface area contributed by atoms with E-state index in [9.17, 15) is 9.59 Å². The van der Waals surface area contributed by atoms with Gasteiger partial charge in [0.2, 0.25) is 11.8 Å². The van der Waals surface area contributed by atoms with Crippen molar-refractivity contribution in [3.63, 3.8) is 0 Å². The molecule has 0 spiro atoms. The lowest BCUT2D eigenvalue weighted by molar-refractivity contribution is -0.140. The van der Waals surface area contributed by atoms with Crippen LogP contribution in [0, 0.1) is 46.3 Å². The maximum absolute atomic E-state index is 13.5. The highest BCUT2D eigenvalue weighted by molar-refractivity contribution is 5.97. The minimum atomic E-state index is -0.234. The second-order valence-electron chi connectivity index (χ2n) is 13.1. The van der Waals surface area contributed by atoms with Gasteiger partial charge in [-0.3, -0.25) is 9.59 Å². The molecule has 0 radical (unpaired) electrons. The Bertz CT molecular complexity index is 887. The molecule has 8 saturated carbocycles. The molecule has 0 aliphatic heterocycles. The summed E-state index contributed by atoms with van der Waals surface area (Å²) >= 11 is 0. The molecule has 8 bridgehead atoms. The van der Waals surface area contributed by atoms with E-state index in [0.717, 1.165) is 38.5 Å². The Morgan fingerprint density at radius 1 is 0.706 bits per heavy atom. The molecule has 0 saturated heterocycles. The molecular weight excluding hydrogens is 426 g/mol. The Hall–Kier alpha value is -2.11. The number of nitrogens with zero attached hydrogens (tertiary/aromatic N) is 1. The van der Waals surface area contributed by atoms with Crippen LogP contribution in [0.25, 0.3) is 0 Å². The fourth-order valence-electron chi connectivity index (χ4n) is 10.0. The van der Waals surface area contributed by atoms with Crippen molar-refractivity contribution in [1.29, 1.82) is 0 Å². The summed E-state index contributed by atoms with van der Waals surface area (Å²) in [5.74, 6) is 6.09. The molecule has 0 unspecified atom stereocenters.